The number of hydrogen-bond donors (Lipinski definition) is 6. The van der Waals surface area contributed by atoms with Crippen molar-refractivity contribution in [3.8, 4) is 0 Å². The monoisotopic (exact) mass is 714 g/mol. The predicted octanol–water partition coefficient (Wildman–Crippen LogP) is -1.04. The number of rotatable bonds is 10. The highest BCUT2D eigenvalue weighted by Crippen LogP contribution is 2.20. The van der Waals surface area contributed by atoms with Crippen LogP contribution in [0.5, 0.6) is 0 Å². The summed E-state index contributed by atoms with van der Waals surface area (Å²) in [6.07, 6.45) is 0. The van der Waals surface area contributed by atoms with E-state index in [0.717, 1.165) is 75.7 Å². The van der Waals surface area contributed by atoms with Gasteiger partial charge in [0, 0.05) is 26.2 Å². The second-order valence-corrected chi connectivity index (χ2v) is 14.4. The van der Waals surface area contributed by atoms with Crippen molar-refractivity contribution in [1.82, 2.24) is 21.3 Å². The molecule has 0 saturated carbocycles. The first-order valence-corrected chi connectivity index (χ1v) is 17.0. The van der Waals surface area contributed by atoms with Crippen molar-refractivity contribution in [1.29, 1.82) is 0 Å². The third kappa shape index (κ3) is 15.0. The largest absolute Gasteiger partial charge is 0.413 e. The Bertz CT molecular complexity index is 1270. The fourth-order valence-corrected chi connectivity index (χ4v) is 4.90. The molecule has 23 heteroatoms. The average Bonchev–Trinajstić information content (AvgIpc) is 3.71. The van der Waals surface area contributed by atoms with E-state index in [4.69, 9.17) is 9.11 Å². The molecule has 0 unspecified atom stereocenters. The Hall–Kier alpha value is -3.22. The summed E-state index contributed by atoms with van der Waals surface area (Å²) < 4.78 is 55.6. The minimum atomic E-state index is -5.12. The second kappa shape index (κ2) is 17.3. The Kier molecular flexibility index (Phi) is 16.1. The first kappa shape index (κ1) is 43.8. The van der Waals surface area contributed by atoms with Gasteiger partial charge in [-0.15, -0.1) is 3.63 Å². The number of nitrogens with zero attached hydrogens (tertiary/aromatic N) is 8. The molecule has 0 aromatic rings. The molecular formula is C24H50N12O9S2. The van der Waals surface area contributed by atoms with Gasteiger partial charge in [0.1, 0.15) is 45.5 Å². The van der Waals surface area contributed by atoms with Gasteiger partial charge in [0.05, 0.1) is 26.2 Å². The van der Waals surface area contributed by atoms with Crippen molar-refractivity contribution in [2.45, 2.75) is 77.5 Å². The fraction of sp³-hybridized carbons (Fsp3) is 0.833. The normalized spacial score (nSPS) is 18.4. The van der Waals surface area contributed by atoms with E-state index in [2.05, 4.69) is 65.3 Å². The zero-order chi connectivity index (χ0) is 34.2. The van der Waals surface area contributed by atoms with E-state index in [9.17, 15) is 16.8 Å². The lowest BCUT2D eigenvalue weighted by Crippen LogP contribution is -2.41. The molecule has 0 aromatic carbocycles. The molecule has 0 aromatic heterocycles. The van der Waals surface area contributed by atoms with Crippen LogP contribution in [0.15, 0.2) is 40.4 Å². The number of hydrogen-bond acceptors (Lipinski definition) is 17. The summed E-state index contributed by atoms with van der Waals surface area (Å²) in [5.74, 6) is 3.68. The van der Waals surface area contributed by atoms with Crippen molar-refractivity contribution in [3.05, 3.63) is 0 Å². The summed E-state index contributed by atoms with van der Waals surface area (Å²) in [5, 5.41) is 30.9. The van der Waals surface area contributed by atoms with E-state index >= 15 is 0 Å². The number of amidine groups is 4. The quantitative estimate of drug-likeness (QED) is 0.117. The molecule has 0 aliphatic carbocycles. The van der Waals surface area contributed by atoms with Crippen molar-refractivity contribution >= 4 is 44.1 Å². The number of aliphatic imine (C=N–C) groups is 4. The lowest BCUT2D eigenvalue weighted by molar-refractivity contribution is 0.344. The molecular weight excluding hydrogens is 664 g/mol. The molecule has 10 N–H and O–H groups in total. The second-order valence-electron chi connectivity index (χ2n) is 12.2. The van der Waals surface area contributed by atoms with Gasteiger partial charge in [-0.3, -0.25) is 29.1 Å². The van der Waals surface area contributed by atoms with Gasteiger partial charge in [0.15, 0.2) is 0 Å². The molecule has 0 saturated heterocycles. The zero-order valence-corrected chi connectivity index (χ0v) is 29.6. The standard InChI is InChI=1S/2C12H22N6.H2O7S2.2H2O/c2*1-11(2,9-13-5-6-14-9)17-18-12(3,4)10-15-7-8-16-10;1-8(2,3)7-9(4,5)6;;/h2*5-8H2,1-4H3,(H,13,14)(H,15,16);(H,1,2,3)(H,4,5,6);2*1H2. The van der Waals surface area contributed by atoms with Crippen LogP contribution in [0.2, 0.25) is 0 Å². The Balaban J connectivity index is 0.000000700. The van der Waals surface area contributed by atoms with E-state index in [0.29, 0.717) is 0 Å². The number of nitrogens with one attached hydrogen (secondary N) is 4. The molecule has 4 aliphatic rings. The van der Waals surface area contributed by atoms with Crippen LogP contribution >= 0.6 is 0 Å². The van der Waals surface area contributed by atoms with E-state index in [1.165, 1.54) is 0 Å². The van der Waals surface area contributed by atoms with Crippen molar-refractivity contribution < 1.29 is 40.5 Å². The van der Waals surface area contributed by atoms with Gasteiger partial charge in [-0.25, -0.2) is 0 Å². The lowest BCUT2D eigenvalue weighted by atomic mass is 10.0. The minimum Gasteiger partial charge on any atom is -0.412 e. The maximum Gasteiger partial charge on any atom is 0.413 e. The zero-order valence-electron chi connectivity index (χ0n) is 28.0. The highest BCUT2D eigenvalue weighted by atomic mass is 32.3. The Morgan fingerprint density at radius 1 is 0.511 bits per heavy atom. The molecule has 0 fully saturated rings. The van der Waals surface area contributed by atoms with Crippen molar-refractivity contribution in [2.24, 2.45) is 40.4 Å². The minimum absolute atomic E-state index is 0. The highest BCUT2D eigenvalue weighted by molar-refractivity contribution is 7.94. The molecule has 4 aliphatic heterocycles. The highest BCUT2D eigenvalue weighted by Gasteiger charge is 2.32. The van der Waals surface area contributed by atoms with Crippen molar-refractivity contribution in [2.75, 3.05) is 52.4 Å². The third-order valence-corrected chi connectivity index (χ3v) is 7.66. The molecule has 272 valence electrons. The van der Waals surface area contributed by atoms with E-state index < -0.39 is 43.0 Å². The molecule has 0 radical (unpaired) electrons. The summed E-state index contributed by atoms with van der Waals surface area (Å²) in [6.45, 7) is 23.1. The van der Waals surface area contributed by atoms with Gasteiger partial charge in [-0.05, 0) is 55.4 Å². The van der Waals surface area contributed by atoms with Crippen LogP contribution in [0, 0.1) is 0 Å². The van der Waals surface area contributed by atoms with Gasteiger partial charge in [-0.2, -0.15) is 37.3 Å². The van der Waals surface area contributed by atoms with Crippen LogP contribution in [0.1, 0.15) is 55.4 Å². The lowest BCUT2D eigenvalue weighted by Gasteiger charge is -2.23. The first-order valence-electron chi connectivity index (χ1n) is 14.2. The van der Waals surface area contributed by atoms with Crippen LogP contribution < -0.4 is 21.3 Å². The van der Waals surface area contributed by atoms with Crippen LogP contribution in [-0.2, 0) is 24.4 Å². The summed E-state index contributed by atoms with van der Waals surface area (Å²) in [6, 6.07) is 0. The number of azo groups is 2. The van der Waals surface area contributed by atoms with Crippen LogP contribution in [0.3, 0.4) is 0 Å². The Morgan fingerprint density at radius 2 is 0.702 bits per heavy atom. The smallest absolute Gasteiger partial charge is 0.412 e. The maximum atomic E-state index is 9.44. The van der Waals surface area contributed by atoms with E-state index in [1.807, 2.05) is 55.4 Å². The first-order chi connectivity index (χ1) is 20.5. The molecule has 21 nitrogen and oxygen atoms in total. The third-order valence-electron chi connectivity index (χ3n) is 6.29. The maximum absolute atomic E-state index is 9.44. The van der Waals surface area contributed by atoms with Gasteiger partial charge >= 0.3 is 20.8 Å². The van der Waals surface area contributed by atoms with Crippen LogP contribution in [0.4, 0.5) is 0 Å². The summed E-state index contributed by atoms with van der Waals surface area (Å²) in [4.78, 5) is 17.6. The summed E-state index contributed by atoms with van der Waals surface area (Å²) in [7, 11) is -10.2. The summed E-state index contributed by atoms with van der Waals surface area (Å²) >= 11 is 0. The molecule has 0 bridgehead atoms. The van der Waals surface area contributed by atoms with Gasteiger partial charge < -0.3 is 32.2 Å². The predicted molar refractivity (Wildman–Crippen MR) is 179 cm³/mol. The van der Waals surface area contributed by atoms with Gasteiger partial charge in [-0.1, -0.05) is 0 Å². The van der Waals surface area contributed by atoms with E-state index in [1.54, 1.807) is 0 Å². The van der Waals surface area contributed by atoms with Gasteiger partial charge in [0.2, 0.25) is 0 Å². The van der Waals surface area contributed by atoms with Gasteiger partial charge in [0.25, 0.3) is 0 Å². The fourth-order valence-electron chi connectivity index (χ4n) is 4.03. The Morgan fingerprint density at radius 3 is 0.809 bits per heavy atom. The molecule has 47 heavy (non-hydrogen) atoms. The van der Waals surface area contributed by atoms with Crippen LogP contribution in [0.25, 0.3) is 0 Å². The van der Waals surface area contributed by atoms with Crippen LogP contribution in [-0.4, -0.2) is 135 Å². The topological polar surface area (TPSA) is 328 Å². The molecule has 4 heterocycles. The van der Waals surface area contributed by atoms with Crippen molar-refractivity contribution in [3.63, 3.8) is 0 Å². The molecule has 0 atom stereocenters. The summed E-state index contributed by atoms with van der Waals surface area (Å²) in [5.41, 5.74) is -1.58. The Labute approximate surface area is 276 Å². The molecule has 0 amide bonds. The molecule has 0 spiro atoms. The van der Waals surface area contributed by atoms with E-state index in [-0.39, 0.29) is 11.0 Å². The average molecular weight is 715 g/mol. The molecule has 4 rings (SSSR count). The SMILES string of the molecule is CC(C)(N=NC(C)(C)C1=NCCN1)C1=NCCN1.CC(C)(N=NC(C)(C)C1=NCCN1)C1=NCCN1.O.O.O=S(=O)(O)OS(=O)(=O)O.